The van der Waals surface area contributed by atoms with Gasteiger partial charge in [-0.1, -0.05) is 19.9 Å². The van der Waals surface area contributed by atoms with Crippen LogP contribution in [0.1, 0.15) is 37.8 Å². The van der Waals surface area contributed by atoms with Gasteiger partial charge in [-0.3, -0.25) is 0 Å². The monoisotopic (exact) mass is 235 g/mol. The van der Waals surface area contributed by atoms with E-state index < -0.39 is 0 Å². The summed E-state index contributed by atoms with van der Waals surface area (Å²) in [5.41, 5.74) is 2.75. The molecule has 0 saturated heterocycles. The van der Waals surface area contributed by atoms with Crippen LogP contribution in [0.4, 0.5) is 4.39 Å². The van der Waals surface area contributed by atoms with Gasteiger partial charge in [0.25, 0.3) is 0 Å². The first kappa shape index (κ1) is 12.6. The molecular weight excluding hydrogens is 213 g/mol. The van der Waals surface area contributed by atoms with Crippen LogP contribution in [0.15, 0.2) is 18.2 Å². The summed E-state index contributed by atoms with van der Waals surface area (Å²) in [6.07, 6.45) is 2.67. The van der Waals surface area contributed by atoms with Gasteiger partial charge >= 0.3 is 0 Å². The van der Waals surface area contributed by atoms with Crippen molar-refractivity contribution in [3.05, 3.63) is 35.1 Å². The molecule has 1 nitrogen and oxygen atoms in total. The Morgan fingerprint density at radius 2 is 2.06 bits per heavy atom. The zero-order valence-electron chi connectivity index (χ0n) is 11.0. The van der Waals surface area contributed by atoms with Crippen LogP contribution >= 0.6 is 0 Å². The summed E-state index contributed by atoms with van der Waals surface area (Å²) < 4.78 is 13.1. The molecule has 0 unspecified atom stereocenters. The van der Waals surface area contributed by atoms with Crippen molar-refractivity contribution < 1.29 is 4.39 Å². The second-order valence-corrected chi connectivity index (χ2v) is 5.69. The van der Waals surface area contributed by atoms with E-state index in [1.807, 2.05) is 13.0 Å². The molecule has 2 heteroatoms. The minimum absolute atomic E-state index is 0.141. The zero-order chi connectivity index (χ0) is 12.5. The van der Waals surface area contributed by atoms with Crippen molar-refractivity contribution in [2.75, 3.05) is 6.54 Å². The Kier molecular flexibility index (Phi) is 3.53. The molecule has 1 aliphatic rings. The first-order valence-corrected chi connectivity index (χ1v) is 6.49. The first-order chi connectivity index (χ1) is 8.03. The van der Waals surface area contributed by atoms with E-state index in [1.54, 1.807) is 6.07 Å². The van der Waals surface area contributed by atoms with Gasteiger partial charge in [0, 0.05) is 13.1 Å². The average molecular weight is 235 g/mol. The summed E-state index contributed by atoms with van der Waals surface area (Å²) in [5.74, 6) is 0.598. The summed E-state index contributed by atoms with van der Waals surface area (Å²) in [6, 6.07) is 5.01. The van der Waals surface area contributed by atoms with Crippen molar-refractivity contribution in [2.24, 2.45) is 11.3 Å². The lowest BCUT2D eigenvalue weighted by molar-refractivity contribution is 0.337. The zero-order valence-corrected chi connectivity index (χ0v) is 11.0. The van der Waals surface area contributed by atoms with Gasteiger partial charge in [0.1, 0.15) is 5.82 Å². The fraction of sp³-hybridized carbons (Fsp3) is 0.600. The van der Waals surface area contributed by atoms with Crippen LogP contribution < -0.4 is 5.32 Å². The highest BCUT2D eigenvalue weighted by Crippen LogP contribution is 2.51. The number of benzene rings is 1. The lowest BCUT2D eigenvalue weighted by Gasteiger charge is -2.20. The van der Waals surface area contributed by atoms with Gasteiger partial charge in [0.2, 0.25) is 0 Å². The maximum absolute atomic E-state index is 13.1. The Balaban J connectivity index is 1.88. The topological polar surface area (TPSA) is 12.0 Å². The van der Waals surface area contributed by atoms with Crippen molar-refractivity contribution in [1.82, 2.24) is 5.32 Å². The first-order valence-electron chi connectivity index (χ1n) is 6.49. The van der Waals surface area contributed by atoms with Crippen LogP contribution in [-0.2, 0) is 6.54 Å². The number of hydrogen-bond donors (Lipinski definition) is 1. The molecule has 2 rings (SSSR count). The lowest BCUT2D eigenvalue weighted by atomic mass is 9.92. The number of aryl methyl sites for hydroxylation is 1. The maximum Gasteiger partial charge on any atom is 0.123 e. The average Bonchev–Trinajstić information content (AvgIpc) is 3.04. The third kappa shape index (κ3) is 2.86. The number of hydrogen-bond acceptors (Lipinski definition) is 1. The second-order valence-electron chi connectivity index (χ2n) is 5.69. The van der Waals surface area contributed by atoms with E-state index in [0.29, 0.717) is 5.41 Å². The smallest absolute Gasteiger partial charge is 0.123 e. The summed E-state index contributed by atoms with van der Waals surface area (Å²) in [7, 11) is 0. The molecule has 0 heterocycles. The second kappa shape index (κ2) is 4.77. The van der Waals surface area contributed by atoms with E-state index in [1.165, 1.54) is 18.9 Å². The molecule has 0 spiro atoms. The molecule has 1 aromatic rings. The predicted molar refractivity (Wildman–Crippen MR) is 69.3 cm³/mol. The van der Waals surface area contributed by atoms with Gasteiger partial charge in [-0.2, -0.15) is 0 Å². The predicted octanol–water partition coefficient (Wildman–Crippen LogP) is 3.66. The maximum atomic E-state index is 13.1. The van der Waals surface area contributed by atoms with E-state index in [2.05, 4.69) is 19.2 Å². The molecule has 94 valence electrons. The van der Waals surface area contributed by atoms with Crippen LogP contribution in [0, 0.1) is 24.1 Å². The highest BCUT2D eigenvalue weighted by Gasteiger charge is 2.44. The molecule has 0 aromatic heterocycles. The fourth-order valence-corrected chi connectivity index (χ4v) is 2.40. The molecule has 0 bridgehead atoms. The third-order valence-corrected chi connectivity index (χ3v) is 4.22. The molecule has 1 N–H and O–H groups in total. The lowest BCUT2D eigenvalue weighted by Crippen LogP contribution is -2.27. The minimum Gasteiger partial charge on any atom is -0.312 e. The van der Waals surface area contributed by atoms with Crippen LogP contribution in [0.5, 0.6) is 0 Å². The van der Waals surface area contributed by atoms with Crippen molar-refractivity contribution >= 4 is 0 Å². The Hall–Kier alpha value is -0.890. The molecule has 1 aromatic carbocycles. The molecule has 0 aliphatic heterocycles. The van der Waals surface area contributed by atoms with E-state index in [4.69, 9.17) is 0 Å². The Bertz CT molecular complexity index is 394. The summed E-state index contributed by atoms with van der Waals surface area (Å²) in [5, 5.41) is 3.49. The SMILES string of the molecule is Cc1ccc(F)cc1CNCC1(C(C)C)CC1. The largest absolute Gasteiger partial charge is 0.312 e. The van der Waals surface area contributed by atoms with E-state index >= 15 is 0 Å². The highest BCUT2D eigenvalue weighted by molar-refractivity contribution is 5.26. The van der Waals surface area contributed by atoms with Crippen LogP contribution in [0.3, 0.4) is 0 Å². The normalized spacial score (nSPS) is 17.5. The summed E-state index contributed by atoms with van der Waals surface area (Å²) >= 11 is 0. The number of rotatable bonds is 5. The third-order valence-electron chi connectivity index (χ3n) is 4.22. The minimum atomic E-state index is -0.141. The molecule has 0 radical (unpaired) electrons. The van der Waals surface area contributed by atoms with Crippen molar-refractivity contribution in [2.45, 2.75) is 40.2 Å². The Morgan fingerprint density at radius 3 is 2.65 bits per heavy atom. The van der Waals surface area contributed by atoms with Gasteiger partial charge in [0.05, 0.1) is 0 Å². The quantitative estimate of drug-likeness (QED) is 0.821. The highest BCUT2D eigenvalue weighted by atomic mass is 19.1. The molecular formula is C15H22FN. The molecule has 0 amide bonds. The standard InChI is InChI=1S/C15H22FN/c1-11(2)15(6-7-15)10-17-9-13-8-14(16)5-4-12(13)3/h4-5,8,11,17H,6-7,9-10H2,1-3H3. The molecule has 0 atom stereocenters. The molecule has 1 aliphatic carbocycles. The number of nitrogens with one attached hydrogen (secondary N) is 1. The van der Waals surface area contributed by atoms with Gasteiger partial charge in [-0.25, -0.2) is 4.39 Å². The van der Waals surface area contributed by atoms with Crippen molar-refractivity contribution in [3.63, 3.8) is 0 Å². The molecule has 17 heavy (non-hydrogen) atoms. The van der Waals surface area contributed by atoms with E-state index in [-0.39, 0.29) is 5.82 Å². The van der Waals surface area contributed by atoms with E-state index in [9.17, 15) is 4.39 Å². The summed E-state index contributed by atoms with van der Waals surface area (Å²) in [6.45, 7) is 8.45. The van der Waals surface area contributed by atoms with Crippen LogP contribution in [-0.4, -0.2) is 6.54 Å². The molecule has 1 saturated carbocycles. The number of halogens is 1. The Morgan fingerprint density at radius 1 is 1.35 bits per heavy atom. The van der Waals surface area contributed by atoms with Gasteiger partial charge < -0.3 is 5.32 Å². The van der Waals surface area contributed by atoms with Gasteiger partial charge in [0.15, 0.2) is 0 Å². The van der Waals surface area contributed by atoms with Crippen molar-refractivity contribution in [1.29, 1.82) is 0 Å². The summed E-state index contributed by atoms with van der Waals surface area (Å²) in [4.78, 5) is 0. The van der Waals surface area contributed by atoms with Crippen LogP contribution in [0.25, 0.3) is 0 Å². The van der Waals surface area contributed by atoms with Crippen LogP contribution in [0.2, 0.25) is 0 Å². The van der Waals surface area contributed by atoms with E-state index in [0.717, 1.165) is 30.1 Å². The van der Waals surface area contributed by atoms with Gasteiger partial charge in [-0.05, 0) is 54.4 Å². The molecule has 1 fully saturated rings. The van der Waals surface area contributed by atoms with Gasteiger partial charge in [-0.15, -0.1) is 0 Å². The fourth-order valence-electron chi connectivity index (χ4n) is 2.40. The van der Waals surface area contributed by atoms with Crippen molar-refractivity contribution in [3.8, 4) is 0 Å². The Labute approximate surface area is 103 Å².